The number of ether oxygens (including phenoxy) is 3. The van der Waals surface area contributed by atoms with Crippen LogP contribution in [0.15, 0.2) is 54.6 Å². The maximum absolute atomic E-state index is 14.5. The minimum atomic E-state index is -0.625. The molecule has 10 heteroatoms. The lowest BCUT2D eigenvalue weighted by atomic mass is 9.87. The molecule has 212 valence electrons. The first-order valence-corrected chi connectivity index (χ1v) is 13.2. The minimum absolute atomic E-state index is 0. The second-order valence-corrected chi connectivity index (χ2v) is 9.60. The number of carbonyl (C=O) groups is 2. The molecule has 0 spiro atoms. The van der Waals surface area contributed by atoms with E-state index in [0.717, 1.165) is 16.7 Å². The minimum Gasteiger partial charge on any atom is -0.493 e. The smallest absolute Gasteiger partial charge is 0.254 e. The standard InChI is InChI=1S/C30H32FN3O5.ClH/c1-37-26-10-5-20-17-27(26)38-15-3-13-33-30(36)24-18-22(7-9-25(24)31)39-21-6-8-23-19(16-21)11-14-34(29(20)23)28(35)4-2-12-32;/h5-10,16-18,29H,2-4,11-15,32H2,1H3,(H,33,36);1H. The Morgan fingerprint density at radius 2 is 1.95 bits per heavy atom. The summed E-state index contributed by atoms with van der Waals surface area (Å²) in [5.41, 5.74) is 8.53. The molecule has 1 atom stereocenters. The number of nitrogens with two attached hydrogens (primary N) is 1. The predicted octanol–water partition coefficient (Wildman–Crippen LogP) is 4.77. The Morgan fingerprint density at radius 3 is 2.75 bits per heavy atom. The van der Waals surface area contributed by atoms with Gasteiger partial charge >= 0.3 is 0 Å². The van der Waals surface area contributed by atoms with Crippen LogP contribution >= 0.6 is 12.4 Å². The molecule has 0 radical (unpaired) electrons. The van der Waals surface area contributed by atoms with Crippen molar-refractivity contribution in [3.63, 3.8) is 0 Å². The van der Waals surface area contributed by atoms with Gasteiger partial charge in [-0.15, -0.1) is 12.4 Å². The van der Waals surface area contributed by atoms with Crippen LogP contribution in [-0.2, 0) is 11.2 Å². The summed E-state index contributed by atoms with van der Waals surface area (Å²) in [4.78, 5) is 27.8. The molecule has 3 N–H and O–H groups in total. The van der Waals surface area contributed by atoms with Crippen molar-refractivity contribution in [3.05, 3.63) is 82.7 Å². The molecule has 2 amide bonds. The number of hydrogen-bond donors (Lipinski definition) is 2. The zero-order valence-electron chi connectivity index (χ0n) is 22.3. The van der Waals surface area contributed by atoms with Crippen molar-refractivity contribution in [3.8, 4) is 23.0 Å². The van der Waals surface area contributed by atoms with Crippen LogP contribution in [0.3, 0.4) is 0 Å². The van der Waals surface area contributed by atoms with Crippen molar-refractivity contribution < 1.29 is 28.2 Å². The van der Waals surface area contributed by atoms with Crippen LogP contribution in [-0.4, -0.2) is 50.1 Å². The normalized spacial score (nSPS) is 16.4. The molecule has 6 rings (SSSR count). The van der Waals surface area contributed by atoms with E-state index in [2.05, 4.69) is 5.32 Å². The van der Waals surface area contributed by atoms with Gasteiger partial charge in [-0.2, -0.15) is 0 Å². The molecule has 3 aliphatic rings. The molecular formula is C30H33ClFN3O5. The molecule has 3 heterocycles. The average molecular weight is 570 g/mol. The molecular weight excluding hydrogens is 537 g/mol. The Hall–Kier alpha value is -3.82. The molecule has 1 unspecified atom stereocenters. The fraction of sp³-hybridized carbons (Fsp3) is 0.333. The van der Waals surface area contributed by atoms with E-state index in [1.807, 2.05) is 41.3 Å². The van der Waals surface area contributed by atoms with E-state index < -0.39 is 11.7 Å². The number of rotatable bonds is 4. The molecule has 0 aromatic heterocycles. The number of nitrogens with zero attached hydrogens (tertiary/aromatic N) is 1. The molecule has 8 bridgehead atoms. The van der Waals surface area contributed by atoms with Crippen LogP contribution in [0.1, 0.15) is 52.4 Å². The van der Waals surface area contributed by atoms with Crippen LogP contribution in [0.25, 0.3) is 0 Å². The predicted molar refractivity (Wildman–Crippen MR) is 151 cm³/mol. The lowest BCUT2D eigenvalue weighted by Gasteiger charge is -2.38. The van der Waals surface area contributed by atoms with Gasteiger partial charge in [0.1, 0.15) is 17.3 Å². The molecule has 0 saturated carbocycles. The van der Waals surface area contributed by atoms with Gasteiger partial charge in [0, 0.05) is 19.5 Å². The molecule has 40 heavy (non-hydrogen) atoms. The van der Waals surface area contributed by atoms with Crippen molar-refractivity contribution in [2.24, 2.45) is 5.73 Å². The van der Waals surface area contributed by atoms with Gasteiger partial charge in [0.2, 0.25) is 5.91 Å². The number of hydrogen-bond acceptors (Lipinski definition) is 6. The molecule has 3 aliphatic heterocycles. The van der Waals surface area contributed by atoms with E-state index in [4.69, 9.17) is 19.9 Å². The van der Waals surface area contributed by atoms with Gasteiger partial charge < -0.3 is 30.2 Å². The van der Waals surface area contributed by atoms with Crippen LogP contribution in [0.4, 0.5) is 4.39 Å². The summed E-state index contributed by atoms with van der Waals surface area (Å²) in [5, 5.41) is 2.74. The third-order valence-electron chi connectivity index (χ3n) is 7.04. The summed E-state index contributed by atoms with van der Waals surface area (Å²) in [6, 6.07) is 15.2. The monoisotopic (exact) mass is 569 g/mol. The lowest BCUT2D eigenvalue weighted by molar-refractivity contribution is -0.133. The maximum Gasteiger partial charge on any atom is 0.254 e. The topological polar surface area (TPSA) is 103 Å². The first-order valence-electron chi connectivity index (χ1n) is 13.2. The zero-order valence-corrected chi connectivity index (χ0v) is 23.1. The third kappa shape index (κ3) is 6.16. The van der Waals surface area contributed by atoms with Gasteiger partial charge in [-0.1, -0.05) is 12.1 Å². The summed E-state index contributed by atoms with van der Waals surface area (Å²) in [6.45, 7) is 1.58. The second-order valence-electron chi connectivity index (χ2n) is 9.60. The van der Waals surface area contributed by atoms with Gasteiger partial charge in [-0.05, 0) is 85.0 Å². The van der Waals surface area contributed by atoms with Crippen LogP contribution < -0.4 is 25.3 Å². The number of benzene rings is 3. The molecule has 0 fully saturated rings. The fourth-order valence-corrected chi connectivity index (χ4v) is 5.10. The Labute approximate surface area is 239 Å². The number of methoxy groups -OCH3 is 1. The molecule has 8 nitrogen and oxygen atoms in total. The van der Waals surface area contributed by atoms with Crippen molar-refractivity contribution in [2.45, 2.75) is 31.7 Å². The summed E-state index contributed by atoms with van der Waals surface area (Å²) < 4.78 is 32.1. The zero-order chi connectivity index (χ0) is 27.4. The quantitative estimate of drug-likeness (QED) is 0.469. The number of carbonyl (C=O) groups excluding carboxylic acids is 2. The van der Waals surface area contributed by atoms with Gasteiger partial charge in [-0.25, -0.2) is 4.39 Å². The Kier molecular flexibility index (Phi) is 9.50. The highest BCUT2D eigenvalue weighted by atomic mass is 35.5. The highest BCUT2D eigenvalue weighted by Gasteiger charge is 2.32. The van der Waals surface area contributed by atoms with Gasteiger partial charge in [0.15, 0.2) is 11.5 Å². The molecule has 0 aliphatic carbocycles. The van der Waals surface area contributed by atoms with E-state index in [1.165, 1.54) is 18.2 Å². The summed E-state index contributed by atoms with van der Waals surface area (Å²) >= 11 is 0. The van der Waals surface area contributed by atoms with E-state index >= 15 is 0 Å². The first-order chi connectivity index (χ1) is 19.0. The lowest BCUT2D eigenvalue weighted by Crippen LogP contribution is -2.40. The van der Waals surface area contributed by atoms with Crippen molar-refractivity contribution in [1.82, 2.24) is 10.2 Å². The number of nitrogens with one attached hydrogen (secondary N) is 1. The highest BCUT2D eigenvalue weighted by molar-refractivity contribution is 5.94. The summed E-state index contributed by atoms with van der Waals surface area (Å²) in [6.07, 6.45) is 2.14. The van der Waals surface area contributed by atoms with Gasteiger partial charge in [-0.3, -0.25) is 9.59 Å². The van der Waals surface area contributed by atoms with Crippen LogP contribution in [0.2, 0.25) is 0 Å². The van der Waals surface area contributed by atoms with Gasteiger partial charge in [0.25, 0.3) is 5.91 Å². The Morgan fingerprint density at radius 1 is 1.15 bits per heavy atom. The van der Waals surface area contributed by atoms with E-state index in [9.17, 15) is 14.0 Å². The largest absolute Gasteiger partial charge is 0.493 e. The molecule has 3 aromatic carbocycles. The number of amides is 2. The molecule has 3 aromatic rings. The van der Waals surface area contributed by atoms with Crippen molar-refractivity contribution in [2.75, 3.05) is 33.4 Å². The molecule has 0 saturated heterocycles. The van der Waals surface area contributed by atoms with E-state index in [1.54, 1.807) is 7.11 Å². The summed E-state index contributed by atoms with van der Waals surface area (Å²) in [5.74, 6) is 0.932. The van der Waals surface area contributed by atoms with E-state index in [0.29, 0.717) is 74.9 Å². The van der Waals surface area contributed by atoms with Crippen LogP contribution in [0, 0.1) is 5.82 Å². The van der Waals surface area contributed by atoms with E-state index in [-0.39, 0.29) is 29.9 Å². The van der Waals surface area contributed by atoms with Crippen LogP contribution in [0.5, 0.6) is 23.0 Å². The third-order valence-corrected chi connectivity index (χ3v) is 7.04. The van der Waals surface area contributed by atoms with Crippen molar-refractivity contribution >= 4 is 24.2 Å². The SMILES string of the molecule is COc1ccc2cc1OCCCNC(=O)c1cc(ccc1F)Oc1ccc3c(c1)CCN(C(=O)CCCN)C23.Cl. The Balaban J connectivity index is 0.00000370. The summed E-state index contributed by atoms with van der Waals surface area (Å²) in [7, 11) is 1.57. The average Bonchev–Trinajstić information content (AvgIpc) is 2.95. The number of fused-ring (bicyclic) bond motifs is 6. The van der Waals surface area contributed by atoms with Gasteiger partial charge in [0.05, 0.1) is 25.3 Å². The highest BCUT2D eigenvalue weighted by Crippen LogP contribution is 2.41. The second kappa shape index (κ2) is 13.0. The Bertz CT molecular complexity index is 1390. The number of halogens is 2. The maximum atomic E-state index is 14.5. The first kappa shape index (κ1) is 29.2. The van der Waals surface area contributed by atoms with Crippen molar-refractivity contribution in [1.29, 1.82) is 0 Å². The fourth-order valence-electron chi connectivity index (χ4n) is 5.10.